The van der Waals surface area contributed by atoms with Crippen molar-refractivity contribution < 1.29 is 19.3 Å². The van der Waals surface area contributed by atoms with Gasteiger partial charge in [0.15, 0.2) is 11.5 Å². The number of hydrogen-bond acceptors (Lipinski definition) is 5. The highest BCUT2D eigenvalue weighted by Gasteiger charge is 2.15. The standard InChI is InChI=1S/C22H31NO4/c1-17(2)13-23(14-18-10-11-21(25-3)22(12-18)26-4)15-19(24)16-27-20-8-6-5-7-9-20/h5-12,17,19,24H,13-16H2,1-4H3/t19-/m0/s1. The minimum Gasteiger partial charge on any atom is -0.493 e. The molecule has 148 valence electrons. The SMILES string of the molecule is COc1ccc(CN(CC(C)C)C[C@H](O)COc2ccccc2)cc1OC. The van der Waals surface area contributed by atoms with Gasteiger partial charge in [0.2, 0.25) is 0 Å². The van der Waals surface area contributed by atoms with Crippen molar-refractivity contribution in [1.82, 2.24) is 4.90 Å². The maximum atomic E-state index is 10.4. The fourth-order valence-corrected chi connectivity index (χ4v) is 3.02. The number of methoxy groups -OCH3 is 2. The number of benzene rings is 2. The summed E-state index contributed by atoms with van der Waals surface area (Å²) in [4.78, 5) is 2.24. The van der Waals surface area contributed by atoms with Gasteiger partial charge in [-0.15, -0.1) is 0 Å². The fourth-order valence-electron chi connectivity index (χ4n) is 3.02. The van der Waals surface area contributed by atoms with Crippen LogP contribution in [0.3, 0.4) is 0 Å². The van der Waals surface area contributed by atoms with Gasteiger partial charge < -0.3 is 19.3 Å². The van der Waals surface area contributed by atoms with Crippen molar-refractivity contribution >= 4 is 0 Å². The summed E-state index contributed by atoms with van der Waals surface area (Å²) < 4.78 is 16.4. The number of para-hydroxylation sites is 1. The second-order valence-electron chi connectivity index (χ2n) is 7.06. The predicted molar refractivity (Wildman–Crippen MR) is 108 cm³/mol. The molecule has 2 rings (SSSR count). The first-order chi connectivity index (χ1) is 13.0. The number of hydrogen-bond donors (Lipinski definition) is 1. The van der Waals surface area contributed by atoms with E-state index >= 15 is 0 Å². The van der Waals surface area contributed by atoms with Crippen molar-refractivity contribution in [2.24, 2.45) is 5.92 Å². The van der Waals surface area contributed by atoms with Gasteiger partial charge in [-0.2, -0.15) is 0 Å². The molecule has 0 fully saturated rings. The molecule has 0 unspecified atom stereocenters. The van der Waals surface area contributed by atoms with Crippen LogP contribution in [-0.2, 0) is 6.54 Å². The van der Waals surface area contributed by atoms with E-state index < -0.39 is 6.10 Å². The molecule has 0 aliphatic heterocycles. The zero-order valence-electron chi connectivity index (χ0n) is 16.7. The quantitative estimate of drug-likeness (QED) is 0.652. The summed E-state index contributed by atoms with van der Waals surface area (Å²) in [6, 6.07) is 15.5. The largest absolute Gasteiger partial charge is 0.493 e. The molecule has 0 saturated heterocycles. The van der Waals surface area contributed by atoms with Crippen molar-refractivity contribution in [3.8, 4) is 17.2 Å². The van der Waals surface area contributed by atoms with E-state index in [1.165, 1.54) is 0 Å². The molecule has 27 heavy (non-hydrogen) atoms. The maximum absolute atomic E-state index is 10.4. The lowest BCUT2D eigenvalue weighted by Gasteiger charge is -2.27. The van der Waals surface area contributed by atoms with Gasteiger partial charge in [0, 0.05) is 19.6 Å². The molecule has 0 aliphatic rings. The number of ether oxygens (including phenoxy) is 3. The van der Waals surface area contributed by atoms with Crippen LogP contribution >= 0.6 is 0 Å². The lowest BCUT2D eigenvalue weighted by Crippen LogP contribution is -2.37. The molecule has 0 aliphatic carbocycles. The third-order valence-electron chi connectivity index (χ3n) is 4.13. The van der Waals surface area contributed by atoms with Crippen molar-refractivity contribution in [3.63, 3.8) is 0 Å². The Bertz CT molecular complexity index is 675. The van der Waals surface area contributed by atoms with E-state index in [9.17, 15) is 5.11 Å². The van der Waals surface area contributed by atoms with Crippen molar-refractivity contribution in [2.75, 3.05) is 33.9 Å². The average Bonchev–Trinajstić information content (AvgIpc) is 2.66. The van der Waals surface area contributed by atoms with E-state index in [1.54, 1.807) is 14.2 Å². The van der Waals surface area contributed by atoms with Crippen LogP contribution in [0.5, 0.6) is 17.2 Å². The first-order valence-corrected chi connectivity index (χ1v) is 9.31. The maximum Gasteiger partial charge on any atom is 0.161 e. The van der Waals surface area contributed by atoms with Crippen molar-refractivity contribution in [3.05, 3.63) is 54.1 Å². The van der Waals surface area contributed by atoms with Crippen LogP contribution in [-0.4, -0.2) is 50.0 Å². The third-order valence-corrected chi connectivity index (χ3v) is 4.13. The normalized spacial score (nSPS) is 12.3. The van der Waals surface area contributed by atoms with Gasteiger partial charge in [0.1, 0.15) is 18.5 Å². The molecule has 2 aromatic carbocycles. The van der Waals surface area contributed by atoms with E-state index in [-0.39, 0.29) is 6.61 Å². The molecule has 0 heterocycles. The number of rotatable bonds is 11. The van der Waals surface area contributed by atoms with Crippen LogP contribution in [0.1, 0.15) is 19.4 Å². The zero-order chi connectivity index (χ0) is 19.6. The number of nitrogens with zero attached hydrogens (tertiary/aromatic N) is 1. The number of aliphatic hydroxyl groups excluding tert-OH is 1. The van der Waals surface area contributed by atoms with Crippen LogP contribution in [0, 0.1) is 5.92 Å². The lowest BCUT2D eigenvalue weighted by atomic mass is 10.1. The Morgan fingerprint density at radius 3 is 2.26 bits per heavy atom. The Kier molecular flexibility index (Phi) is 8.43. The molecular formula is C22H31NO4. The second kappa shape index (κ2) is 10.8. The van der Waals surface area contributed by atoms with Crippen LogP contribution in [0.25, 0.3) is 0 Å². The Labute approximate surface area is 162 Å². The minimum absolute atomic E-state index is 0.268. The molecular weight excluding hydrogens is 342 g/mol. The first kappa shape index (κ1) is 21.1. The Morgan fingerprint density at radius 2 is 1.63 bits per heavy atom. The molecule has 0 spiro atoms. The van der Waals surface area contributed by atoms with Crippen LogP contribution < -0.4 is 14.2 Å². The van der Waals surface area contributed by atoms with Gasteiger partial charge in [-0.05, 0) is 35.7 Å². The minimum atomic E-state index is -0.566. The smallest absolute Gasteiger partial charge is 0.161 e. The Hall–Kier alpha value is -2.24. The molecule has 2 aromatic rings. The van der Waals surface area contributed by atoms with Crippen molar-refractivity contribution in [2.45, 2.75) is 26.5 Å². The van der Waals surface area contributed by atoms with Crippen LogP contribution in [0.15, 0.2) is 48.5 Å². The fraction of sp³-hybridized carbons (Fsp3) is 0.455. The number of aliphatic hydroxyl groups is 1. The molecule has 5 nitrogen and oxygen atoms in total. The summed E-state index contributed by atoms with van der Waals surface area (Å²) in [5, 5.41) is 10.4. The van der Waals surface area contributed by atoms with Crippen LogP contribution in [0.2, 0.25) is 0 Å². The molecule has 0 amide bonds. The molecule has 5 heteroatoms. The molecule has 0 radical (unpaired) electrons. The monoisotopic (exact) mass is 373 g/mol. The topological polar surface area (TPSA) is 51.2 Å². The van der Waals surface area contributed by atoms with Crippen molar-refractivity contribution in [1.29, 1.82) is 0 Å². The summed E-state index contributed by atoms with van der Waals surface area (Å²) in [5.74, 6) is 2.69. The summed E-state index contributed by atoms with van der Waals surface area (Å²) in [6.45, 7) is 6.77. The van der Waals surface area contributed by atoms with Gasteiger partial charge in [0.05, 0.1) is 14.2 Å². The molecule has 1 N–H and O–H groups in total. The first-order valence-electron chi connectivity index (χ1n) is 9.31. The summed E-state index contributed by atoms with van der Waals surface area (Å²) in [7, 11) is 3.27. The summed E-state index contributed by atoms with van der Waals surface area (Å²) >= 11 is 0. The van der Waals surface area contributed by atoms with E-state index in [0.717, 1.165) is 24.4 Å². The Balaban J connectivity index is 1.97. The van der Waals surface area contributed by atoms with E-state index in [1.807, 2.05) is 48.5 Å². The molecule has 1 atom stereocenters. The predicted octanol–water partition coefficient (Wildman–Crippen LogP) is 3.60. The van der Waals surface area contributed by atoms with E-state index in [2.05, 4.69) is 18.7 Å². The lowest BCUT2D eigenvalue weighted by molar-refractivity contribution is 0.0614. The van der Waals surface area contributed by atoms with Crippen LogP contribution in [0.4, 0.5) is 0 Å². The van der Waals surface area contributed by atoms with Gasteiger partial charge in [-0.25, -0.2) is 0 Å². The summed E-state index contributed by atoms with van der Waals surface area (Å²) in [6.07, 6.45) is -0.566. The third kappa shape index (κ3) is 7.12. The molecule has 0 bridgehead atoms. The van der Waals surface area contributed by atoms with Gasteiger partial charge >= 0.3 is 0 Å². The van der Waals surface area contributed by atoms with E-state index in [4.69, 9.17) is 14.2 Å². The highest BCUT2D eigenvalue weighted by atomic mass is 16.5. The highest BCUT2D eigenvalue weighted by Crippen LogP contribution is 2.28. The van der Waals surface area contributed by atoms with Gasteiger partial charge in [-0.3, -0.25) is 4.90 Å². The Morgan fingerprint density at radius 1 is 0.926 bits per heavy atom. The zero-order valence-corrected chi connectivity index (χ0v) is 16.7. The molecule has 0 saturated carbocycles. The average molecular weight is 373 g/mol. The second-order valence-corrected chi connectivity index (χ2v) is 7.06. The molecule has 0 aromatic heterocycles. The van der Waals surface area contributed by atoms with E-state index in [0.29, 0.717) is 24.0 Å². The highest BCUT2D eigenvalue weighted by molar-refractivity contribution is 5.42. The van der Waals surface area contributed by atoms with Gasteiger partial charge in [-0.1, -0.05) is 38.1 Å². The van der Waals surface area contributed by atoms with Gasteiger partial charge in [0.25, 0.3) is 0 Å². The summed E-state index contributed by atoms with van der Waals surface area (Å²) in [5.41, 5.74) is 1.12.